The number of thioether (sulfide) groups is 1. The maximum Gasteiger partial charge on any atom is 0.303 e. The van der Waals surface area contributed by atoms with E-state index in [1.54, 1.807) is 0 Å². The molecular formula is C23H24N2O6S2. The highest BCUT2D eigenvalue weighted by atomic mass is 32.2. The van der Waals surface area contributed by atoms with Crippen molar-refractivity contribution in [2.24, 2.45) is 4.99 Å². The summed E-state index contributed by atoms with van der Waals surface area (Å²) in [6.07, 6.45) is 0.149. The van der Waals surface area contributed by atoms with E-state index in [4.69, 9.17) is 9.84 Å². The highest BCUT2D eigenvalue weighted by Crippen LogP contribution is 2.41. The molecule has 0 radical (unpaired) electrons. The first-order chi connectivity index (χ1) is 15.8. The first kappa shape index (κ1) is 23.3. The number of rotatable bonds is 8. The molecule has 2 aromatic carbocycles. The van der Waals surface area contributed by atoms with Crippen LogP contribution in [0.2, 0.25) is 0 Å². The van der Waals surface area contributed by atoms with E-state index in [1.807, 2.05) is 59.5 Å². The fraction of sp³-hybridized carbons (Fsp3) is 0.348. The van der Waals surface area contributed by atoms with E-state index < -0.39 is 21.7 Å². The van der Waals surface area contributed by atoms with E-state index in [2.05, 4.69) is 4.99 Å². The molecule has 4 rings (SSSR count). The summed E-state index contributed by atoms with van der Waals surface area (Å²) in [6, 6.07) is 16.8. The number of carboxylic acid groups (broad SMARTS) is 1. The molecule has 8 nitrogen and oxygen atoms in total. The van der Waals surface area contributed by atoms with Crippen LogP contribution < -0.4 is 9.64 Å². The molecule has 0 bridgehead atoms. The molecule has 2 aliphatic heterocycles. The number of amidine groups is 1. The lowest BCUT2D eigenvalue weighted by atomic mass is 10.2. The largest absolute Gasteiger partial charge is 0.489 e. The summed E-state index contributed by atoms with van der Waals surface area (Å²) in [5.74, 6) is -0.642. The van der Waals surface area contributed by atoms with Gasteiger partial charge in [-0.15, -0.1) is 0 Å². The average Bonchev–Trinajstić information content (AvgIpc) is 3.23. The highest BCUT2D eigenvalue weighted by Gasteiger charge is 2.49. The summed E-state index contributed by atoms with van der Waals surface area (Å²) in [5.41, 5.74) is 1.78. The average molecular weight is 489 g/mol. The second kappa shape index (κ2) is 9.96. The lowest BCUT2D eigenvalue weighted by Crippen LogP contribution is -2.37. The zero-order valence-corrected chi connectivity index (χ0v) is 19.4. The molecule has 0 unspecified atom stereocenters. The molecule has 2 atom stereocenters. The fourth-order valence-electron chi connectivity index (χ4n) is 3.86. The van der Waals surface area contributed by atoms with E-state index in [9.17, 15) is 18.0 Å². The van der Waals surface area contributed by atoms with Crippen LogP contribution in [0.25, 0.3) is 0 Å². The van der Waals surface area contributed by atoms with Gasteiger partial charge in [-0.2, -0.15) is 4.99 Å². The van der Waals surface area contributed by atoms with E-state index >= 15 is 0 Å². The number of aliphatic carboxylic acids is 1. The van der Waals surface area contributed by atoms with Gasteiger partial charge in [0.25, 0.3) is 0 Å². The summed E-state index contributed by atoms with van der Waals surface area (Å²) in [4.78, 5) is 29.0. The van der Waals surface area contributed by atoms with Crippen LogP contribution >= 0.6 is 11.8 Å². The van der Waals surface area contributed by atoms with Crippen molar-refractivity contribution in [2.75, 3.05) is 16.4 Å². The Morgan fingerprint density at radius 3 is 2.48 bits per heavy atom. The molecule has 2 fully saturated rings. The van der Waals surface area contributed by atoms with Crippen LogP contribution in [0.15, 0.2) is 59.6 Å². The summed E-state index contributed by atoms with van der Waals surface area (Å²) < 4.78 is 30.2. The third kappa shape index (κ3) is 5.94. The summed E-state index contributed by atoms with van der Waals surface area (Å²) in [7, 11) is -3.16. The molecular weight excluding hydrogens is 464 g/mol. The van der Waals surface area contributed by atoms with Crippen LogP contribution in [-0.2, 0) is 26.0 Å². The Bertz CT molecular complexity index is 1150. The van der Waals surface area contributed by atoms with Crippen molar-refractivity contribution >= 4 is 44.3 Å². The Hall–Kier alpha value is -2.85. The van der Waals surface area contributed by atoms with Crippen molar-refractivity contribution in [3.63, 3.8) is 0 Å². The smallest absolute Gasteiger partial charge is 0.303 e. The Labute approximate surface area is 196 Å². The Morgan fingerprint density at radius 1 is 1.06 bits per heavy atom. The minimum atomic E-state index is -3.16. The first-order valence-electron chi connectivity index (χ1n) is 10.6. The van der Waals surface area contributed by atoms with Crippen LogP contribution in [0.3, 0.4) is 0 Å². The van der Waals surface area contributed by atoms with Gasteiger partial charge in [0.2, 0.25) is 5.91 Å². The van der Waals surface area contributed by atoms with Crippen LogP contribution in [0, 0.1) is 0 Å². The molecule has 174 valence electrons. The predicted molar refractivity (Wildman–Crippen MR) is 127 cm³/mol. The monoisotopic (exact) mass is 488 g/mol. The van der Waals surface area contributed by atoms with Gasteiger partial charge in [0.15, 0.2) is 15.0 Å². The normalized spacial score (nSPS) is 22.3. The lowest BCUT2D eigenvalue weighted by molar-refractivity contribution is -0.137. The number of carbonyl (C=O) groups excluding carboxylic acids is 1. The first-order valence-corrected chi connectivity index (χ1v) is 13.3. The number of amides is 1. The number of fused-ring (bicyclic) bond motifs is 1. The van der Waals surface area contributed by atoms with Crippen molar-refractivity contribution in [1.82, 2.24) is 0 Å². The van der Waals surface area contributed by atoms with Gasteiger partial charge in [-0.1, -0.05) is 42.1 Å². The standard InChI is InChI=1S/C23H24N2O6S2/c26-21(7-4-8-22(27)28)24-23-25(19-14-33(29,30)15-20(19)32-23)17-9-11-18(12-10-17)31-13-16-5-2-1-3-6-16/h1-3,5-6,9-12,19-20H,4,7-8,13-15H2,(H,27,28)/t19-,20+/m1/s1. The minimum Gasteiger partial charge on any atom is -0.489 e. The van der Waals surface area contributed by atoms with E-state index in [0.29, 0.717) is 17.5 Å². The molecule has 0 spiro atoms. The quantitative estimate of drug-likeness (QED) is 0.603. The molecule has 1 amide bonds. The zero-order valence-electron chi connectivity index (χ0n) is 17.8. The summed E-state index contributed by atoms with van der Waals surface area (Å²) in [5, 5.41) is 9.02. The molecule has 10 heteroatoms. The number of sulfone groups is 1. The molecule has 2 saturated heterocycles. The third-order valence-electron chi connectivity index (χ3n) is 5.43. The fourth-order valence-corrected chi connectivity index (χ4v) is 7.79. The number of carbonyl (C=O) groups is 2. The Morgan fingerprint density at radius 2 is 1.79 bits per heavy atom. The maximum atomic E-state index is 12.3. The number of aliphatic imine (C=N–C) groups is 1. The summed E-state index contributed by atoms with van der Waals surface area (Å²) in [6.45, 7) is 0.431. The van der Waals surface area contributed by atoms with Gasteiger partial charge >= 0.3 is 5.97 Å². The van der Waals surface area contributed by atoms with Crippen molar-refractivity contribution < 1.29 is 27.9 Å². The number of ether oxygens (including phenoxy) is 1. The van der Waals surface area contributed by atoms with Gasteiger partial charge in [0, 0.05) is 23.8 Å². The van der Waals surface area contributed by atoms with Gasteiger partial charge in [0.05, 0.1) is 17.5 Å². The van der Waals surface area contributed by atoms with Crippen molar-refractivity contribution in [3.8, 4) is 5.75 Å². The number of benzene rings is 2. The minimum absolute atomic E-state index is 0.00312. The van der Waals surface area contributed by atoms with Gasteiger partial charge in [0.1, 0.15) is 12.4 Å². The second-order valence-electron chi connectivity index (χ2n) is 7.97. The number of hydrogen-bond donors (Lipinski definition) is 1. The van der Waals surface area contributed by atoms with Crippen LogP contribution in [-0.4, -0.2) is 53.4 Å². The van der Waals surface area contributed by atoms with Gasteiger partial charge in [-0.3, -0.25) is 9.59 Å². The third-order valence-corrected chi connectivity index (χ3v) is 8.64. The van der Waals surface area contributed by atoms with Crippen LogP contribution in [0.1, 0.15) is 24.8 Å². The molecule has 0 saturated carbocycles. The zero-order chi connectivity index (χ0) is 23.4. The molecule has 2 aliphatic rings. The van der Waals surface area contributed by atoms with Crippen molar-refractivity contribution in [3.05, 3.63) is 60.2 Å². The lowest BCUT2D eigenvalue weighted by Gasteiger charge is -2.24. The topological polar surface area (TPSA) is 113 Å². The van der Waals surface area contributed by atoms with Gasteiger partial charge in [-0.25, -0.2) is 8.42 Å². The highest BCUT2D eigenvalue weighted by molar-refractivity contribution is 8.16. The van der Waals surface area contributed by atoms with Crippen LogP contribution in [0.5, 0.6) is 5.75 Å². The van der Waals surface area contributed by atoms with Gasteiger partial charge in [-0.05, 0) is 36.2 Å². The van der Waals surface area contributed by atoms with Crippen molar-refractivity contribution in [2.45, 2.75) is 37.2 Å². The second-order valence-corrected chi connectivity index (χ2v) is 11.3. The number of anilines is 1. The molecule has 2 aromatic rings. The number of nitrogens with zero attached hydrogens (tertiary/aromatic N) is 2. The Balaban J connectivity index is 1.50. The van der Waals surface area contributed by atoms with Gasteiger partial charge < -0.3 is 14.7 Å². The number of carboxylic acids is 1. The van der Waals surface area contributed by atoms with E-state index in [-0.39, 0.29) is 42.1 Å². The molecule has 0 aliphatic carbocycles. The molecule has 2 heterocycles. The predicted octanol–water partition coefficient (Wildman–Crippen LogP) is 3.12. The van der Waals surface area contributed by atoms with E-state index in [0.717, 1.165) is 11.3 Å². The van der Waals surface area contributed by atoms with E-state index in [1.165, 1.54) is 11.8 Å². The van der Waals surface area contributed by atoms with Crippen LogP contribution in [0.4, 0.5) is 5.69 Å². The SMILES string of the molecule is O=C(O)CCCC(=O)N=C1S[C@H]2CS(=O)(=O)C[C@H]2N1c1ccc(OCc2ccccc2)cc1. The summed E-state index contributed by atoms with van der Waals surface area (Å²) >= 11 is 1.29. The molecule has 33 heavy (non-hydrogen) atoms. The molecule has 1 N–H and O–H groups in total. The molecule has 0 aromatic heterocycles. The number of hydrogen-bond acceptors (Lipinski definition) is 6. The maximum absolute atomic E-state index is 12.3. The Kier molecular flexibility index (Phi) is 7.04. The van der Waals surface area contributed by atoms with Crippen molar-refractivity contribution in [1.29, 1.82) is 0 Å².